The van der Waals surface area contributed by atoms with Crippen molar-refractivity contribution in [2.45, 2.75) is 50.1 Å². The molecule has 1 amide bonds. The number of nitrogens with one attached hydrogen (secondary N) is 2. The third-order valence-electron chi connectivity index (χ3n) is 4.11. The van der Waals surface area contributed by atoms with Gasteiger partial charge in [0.05, 0.1) is 24.4 Å². The van der Waals surface area contributed by atoms with E-state index in [9.17, 15) is 13.2 Å². The molecule has 2 N–H and O–H groups in total. The fourth-order valence-electron chi connectivity index (χ4n) is 2.45. The molecule has 7 nitrogen and oxygen atoms in total. The average molecular weight is 410 g/mol. The van der Waals surface area contributed by atoms with Gasteiger partial charge in [-0.2, -0.15) is 0 Å². The van der Waals surface area contributed by atoms with E-state index in [1.165, 1.54) is 19.2 Å². The molecule has 0 aliphatic heterocycles. The van der Waals surface area contributed by atoms with Crippen LogP contribution in [0.25, 0.3) is 0 Å². The molecule has 9 heteroatoms. The van der Waals surface area contributed by atoms with E-state index in [0.717, 1.165) is 23.5 Å². The number of nitrogens with zero attached hydrogens (tertiary/aromatic N) is 1. The number of benzene rings is 1. The van der Waals surface area contributed by atoms with Gasteiger partial charge in [-0.3, -0.25) is 4.79 Å². The summed E-state index contributed by atoms with van der Waals surface area (Å²) in [4.78, 5) is 16.9. The lowest BCUT2D eigenvalue weighted by Crippen LogP contribution is -2.27. The molecule has 0 unspecified atom stereocenters. The molecule has 3 rings (SSSR count). The summed E-state index contributed by atoms with van der Waals surface area (Å²) in [5, 5.41) is 5.72. The molecule has 0 radical (unpaired) electrons. The fraction of sp³-hybridized carbons (Fsp3) is 0.444. The van der Waals surface area contributed by atoms with E-state index in [0.29, 0.717) is 5.92 Å². The van der Waals surface area contributed by atoms with Crippen molar-refractivity contribution in [2.24, 2.45) is 0 Å². The zero-order valence-electron chi connectivity index (χ0n) is 15.5. The summed E-state index contributed by atoms with van der Waals surface area (Å²) < 4.78 is 32.9. The van der Waals surface area contributed by atoms with Gasteiger partial charge in [0.1, 0.15) is 10.6 Å². The Morgan fingerprint density at radius 2 is 2.11 bits per heavy atom. The largest absolute Gasteiger partial charge is 0.495 e. The van der Waals surface area contributed by atoms with Crippen molar-refractivity contribution in [3.63, 3.8) is 0 Å². The van der Waals surface area contributed by atoms with Crippen molar-refractivity contribution < 1.29 is 17.9 Å². The number of ether oxygens (including phenoxy) is 1. The van der Waals surface area contributed by atoms with E-state index in [4.69, 9.17) is 4.74 Å². The van der Waals surface area contributed by atoms with Crippen LogP contribution in [0, 0.1) is 0 Å². The summed E-state index contributed by atoms with van der Waals surface area (Å²) in [6.45, 7) is 4.42. The number of thiazole rings is 1. The molecule has 146 valence electrons. The number of hydrogen-bond donors (Lipinski definition) is 2. The van der Waals surface area contributed by atoms with Crippen molar-refractivity contribution in [3.8, 4) is 5.75 Å². The fourth-order valence-corrected chi connectivity index (χ4v) is 4.79. The van der Waals surface area contributed by atoms with Crippen LogP contribution in [0.4, 0.5) is 0 Å². The Bertz CT molecular complexity index is 934. The Labute approximate surface area is 163 Å². The van der Waals surface area contributed by atoms with Gasteiger partial charge in [-0.25, -0.2) is 18.1 Å². The number of methoxy groups -OCH3 is 1. The van der Waals surface area contributed by atoms with E-state index in [1.54, 1.807) is 17.4 Å². The van der Waals surface area contributed by atoms with Gasteiger partial charge >= 0.3 is 0 Å². The van der Waals surface area contributed by atoms with Crippen LogP contribution in [-0.4, -0.2) is 32.5 Å². The second-order valence-corrected chi connectivity index (χ2v) is 9.35. The third-order valence-corrected chi connectivity index (χ3v) is 6.84. The average Bonchev–Trinajstić information content (AvgIpc) is 3.30. The van der Waals surface area contributed by atoms with Crippen LogP contribution >= 0.6 is 11.3 Å². The molecule has 1 aliphatic carbocycles. The van der Waals surface area contributed by atoms with Crippen molar-refractivity contribution in [1.82, 2.24) is 15.0 Å². The quantitative estimate of drug-likeness (QED) is 0.699. The zero-order chi connectivity index (χ0) is 19.6. The minimum atomic E-state index is -3.73. The molecule has 2 aromatic rings. The minimum absolute atomic E-state index is 0.0275. The first-order chi connectivity index (χ1) is 12.8. The molecular formula is C18H23N3O4S2. The zero-order valence-corrected chi connectivity index (χ0v) is 17.1. The van der Waals surface area contributed by atoms with Crippen LogP contribution in [0.15, 0.2) is 28.5 Å². The Kier molecular flexibility index (Phi) is 5.83. The van der Waals surface area contributed by atoms with E-state index < -0.39 is 10.0 Å². The van der Waals surface area contributed by atoms with Gasteiger partial charge in [0.15, 0.2) is 0 Å². The van der Waals surface area contributed by atoms with Crippen molar-refractivity contribution >= 4 is 27.3 Å². The molecule has 1 fully saturated rings. The molecule has 1 aliphatic rings. The highest BCUT2D eigenvalue weighted by Gasteiger charge is 2.30. The van der Waals surface area contributed by atoms with Crippen LogP contribution in [0.1, 0.15) is 53.7 Å². The summed E-state index contributed by atoms with van der Waals surface area (Å²) in [5.41, 5.74) is 1.04. The number of sulfonamides is 1. The topological polar surface area (TPSA) is 97.4 Å². The van der Waals surface area contributed by atoms with Crippen LogP contribution in [-0.2, 0) is 16.6 Å². The maximum atomic E-state index is 12.6. The highest BCUT2D eigenvalue weighted by molar-refractivity contribution is 7.89. The summed E-state index contributed by atoms with van der Waals surface area (Å²) in [5.74, 6) is 0.188. The predicted molar refractivity (Wildman–Crippen MR) is 104 cm³/mol. The van der Waals surface area contributed by atoms with Gasteiger partial charge in [-0.1, -0.05) is 13.8 Å². The Morgan fingerprint density at radius 1 is 1.37 bits per heavy atom. The molecule has 0 saturated heterocycles. The SMILES string of the molecule is COc1ccc(C(=O)NCc2csc(C(C)C)n2)cc1S(=O)(=O)NC1CC1. The number of carbonyl (C=O) groups is 1. The molecule has 1 heterocycles. The Morgan fingerprint density at radius 3 is 2.70 bits per heavy atom. The summed E-state index contributed by atoms with van der Waals surface area (Å²) >= 11 is 1.56. The van der Waals surface area contributed by atoms with E-state index in [2.05, 4.69) is 28.9 Å². The van der Waals surface area contributed by atoms with E-state index in [-0.39, 0.29) is 34.7 Å². The van der Waals surface area contributed by atoms with Crippen molar-refractivity contribution in [1.29, 1.82) is 0 Å². The van der Waals surface area contributed by atoms with Crippen LogP contribution < -0.4 is 14.8 Å². The van der Waals surface area contributed by atoms with Crippen LogP contribution in [0.5, 0.6) is 5.75 Å². The molecule has 0 spiro atoms. The molecular weight excluding hydrogens is 386 g/mol. The first kappa shape index (κ1) is 19.8. The molecule has 27 heavy (non-hydrogen) atoms. The third kappa shape index (κ3) is 4.85. The maximum Gasteiger partial charge on any atom is 0.251 e. The second-order valence-electron chi connectivity index (χ2n) is 6.78. The van der Waals surface area contributed by atoms with Crippen molar-refractivity contribution in [2.75, 3.05) is 7.11 Å². The van der Waals surface area contributed by atoms with Crippen molar-refractivity contribution in [3.05, 3.63) is 39.8 Å². The monoisotopic (exact) mass is 409 g/mol. The summed E-state index contributed by atoms with van der Waals surface area (Å²) in [7, 11) is -2.33. The maximum absolute atomic E-state index is 12.6. The molecule has 1 saturated carbocycles. The lowest BCUT2D eigenvalue weighted by atomic mass is 10.2. The first-order valence-electron chi connectivity index (χ1n) is 8.73. The molecule has 0 bridgehead atoms. The molecule has 0 atom stereocenters. The highest BCUT2D eigenvalue weighted by Crippen LogP contribution is 2.28. The number of carbonyl (C=O) groups excluding carboxylic acids is 1. The number of hydrogen-bond acceptors (Lipinski definition) is 6. The van der Waals surface area contributed by atoms with E-state index >= 15 is 0 Å². The highest BCUT2D eigenvalue weighted by atomic mass is 32.2. The van der Waals surface area contributed by atoms with Gasteiger partial charge < -0.3 is 10.1 Å². The second kappa shape index (κ2) is 7.95. The lowest BCUT2D eigenvalue weighted by Gasteiger charge is -2.12. The standard InChI is InChI=1S/C18H23N3O4S2/c1-11(2)18-20-14(10-26-18)9-19-17(22)12-4-7-15(25-3)16(8-12)27(23,24)21-13-5-6-13/h4,7-8,10-11,13,21H,5-6,9H2,1-3H3,(H,19,22). The van der Waals surface area contributed by atoms with Gasteiger partial charge in [-0.15, -0.1) is 11.3 Å². The Balaban J connectivity index is 1.75. The van der Waals surface area contributed by atoms with Crippen LogP contribution in [0.3, 0.4) is 0 Å². The molecule has 1 aromatic carbocycles. The predicted octanol–water partition coefficient (Wildman–Crippen LogP) is 2.65. The van der Waals surface area contributed by atoms with Gasteiger partial charge in [0, 0.05) is 22.9 Å². The summed E-state index contributed by atoms with van der Waals surface area (Å²) in [6.07, 6.45) is 1.65. The van der Waals surface area contributed by atoms with Crippen LogP contribution in [0.2, 0.25) is 0 Å². The van der Waals surface area contributed by atoms with Gasteiger partial charge in [0.2, 0.25) is 10.0 Å². The van der Waals surface area contributed by atoms with Gasteiger partial charge in [0.25, 0.3) is 5.91 Å². The lowest BCUT2D eigenvalue weighted by molar-refractivity contribution is 0.0950. The molecule has 1 aromatic heterocycles. The number of aromatic nitrogens is 1. The first-order valence-corrected chi connectivity index (χ1v) is 11.1. The number of rotatable bonds is 8. The Hall–Kier alpha value is -1.97. The summed E-state index contributed by atoms with van der Waals surface area (Å²) in [6, 6.07) is 4.36. The van der Waals surface area contributed by atoms with E-state index in [1.807, 2.05) is 5.38 Å². The normalized spacial score (nSPS) is 14.4. The van der Waals surface area contributed by atoms with Gasteiger partial charge in [-0.05, 0) is 31.0 Å². The number of amides is 1. The smallest absolute Gasteiger partial charge is 0.251 e. The minimum Gasteiger partial charge on any atom is -0.495 e.